The van der Waals surface area contributed by atoms with Gasteiger partial charge >= 0.3 is 0 Å². The molecule has 5 aliphatic rings. The van der Waals surface area contributed by atoms with Crippen LogP contribution in [-0.2, 0) is 11.3 Å². The molecule has 0 aromatic carbocycles. The van der Waals surface area contributed by atoms with E-state index in [1.54, 1.807) is 0 Å². The highest BCUT2D eigenvalue weighted by Gasteiger charge is 2.74. The predicted octanol–water partition coefficient (Wildman–Crippen LogP) is 6.52. The van der Waals surface area contributed by atoms with Crippen LogP contribution in [0.4, 0.5) is 0 Å². The lowest BCUT2D eigenvalue weighted by atomic mass is 9.65. The molecule has 7 unspecified atom stereocenters. The number of carbonyl (C=O) groups excluding carboxylic acids is 1. The summed E-state index contributed by atoms with van der Waals surface area (Å²) in [6.07, 6.45) is 26.5. The summed E-state index contributed by atoms with van der Waals surface area (Å²) in [5.41, 5.74) is 2.14. The number of hydrogen-bond acceptors (Lipinski definition) is 3. The van der Waals surface area contributed by atoms with Crippen molar-refractivity contribution >= 4 is 5.78 Å². The van der Waals surface area contributed by atoms with Gasteiger partial charge in [-0.15, -0.1) is 0 Å². The molecule has 2 spiro atoms. The molecule has 1 aliphatic carbocycles. The third-order valence-electron chi connectivity index (χ3n) is 11.0. The average molecular weight is 522 g/mol. The number of Topliss-reactive ketones (excluding diaryl/α,β-unsaturated/α-hetero) is 1. The van der Waals surface area contributed by atoms with Gasteiger partial charge < -0.3 is 14.4 Å². The van der Waals surface area contributed by atoms with E-state index >= 15 is 0 Å². The smallest absolute Gasteiger partial charge is 0.200 e. The Balaban J connectivity index is 1.51. The van der Waals surface area contributed by atoms with Crippen molar-refractivity contribution in [2.24, 2.45) is 11.3 Å². The number of allylic oxidation sites excluding steroid dienone is 3. The molecule has 5 heteroatoms. The van der Waals surface area contributed by atoms with E-state index in [2.05, 4.69) is 41.1 Å². The van der Waals surface area contributed by atoms with Gasteiger partial charge in [0, 0.05) is 31.7 Å². The Morgan fingerprint density at radius 1 is 1.00 bits per heavy atom. The maximum atomic E-state index is 14.9. The quantitative estimate of drug-likeness (QED) is 0.338. The molecule has 0 amide bonds. The lowest BCUT2D eigenvalue weighted by molar-refractivity contribution is -0.993. The molecule has 5 heterocycles. The zero-order valence-corrected chi connectivity index (χ0v) is 23.5. The highest BCUT2D eigenvalue weighted by molar-refractivity contribution is 6.00. The number of methoxy groups -OCH3 is 1. The topological polar surface area (TPSA) is 51.5 Å². The molecule has 6 rings (SSSR count). The molecular formula is C33H49N2O3+. The van der Waals surface area contributed by atoms with Crippen molar-refractivity contribution in [3.8, 4) is 0 Å². The molecule has 208 valence electrons. The Morgan fingerprint density at radius 3 is 2.58 bits per heavy atom. The van der Waals surface area contributed by atoms with Gasteiger partial charge in [-0.25, -0.2) is 0 Å². The summed E-state index contributed by atoms with van der Waals surface area (Å²) in [6, 6.07) is 2.16. The van der Waals surface area contributed by atoms with Gasteiger partial charge in [0.15, 0.2) is 12.0 Å². The lowest BCUT2D eigenvalue weighted by Crippen LogP contribution is -2.67. The molecule has 1 aromatic heterocycles. The molecule has 4 aliphatic heterocycles. The minimum atomic E-state index is -0.533. The van der Waals surface area contributed by atoms with Crippen molar-refractivity contribution < 1.29 is 19.1 Å². The number of aliphatic hydroxyl groups excluding tert-OH is 1. The van der Waals surface area contributed by atoms with Crippen LogP contribution in [0.1, 0.15) is 112 Å². The number of quaternary nitrogens is 1. The summed E-state index contributed by atoms with van der Waals surface area (Å²) in [7, 11) is 1.89. The Labute approximate surface area is 229 Å². The van der Waals surface area contributed by atoms with Crippen LogP contribution in [0.25, 0.3) is 0 Å². The number of aliphatic hydroxyl groups is 1. The predicted molar refractivity (Wildman–Crippen MR) is 151 cm³/mol. The number of carbonyl (C=O) groups is 1. The number of ketones is 1. The normalized spacial score (nSPS) is 40.9. The number of ether oxygens (including phenoxy) is 1. The van der Waals surface area contributed by atoms with Crippen LogP contribution in [0.3, 0.4) is 0 Å². The van der Waals surface area contributed by atoms with E-state index in [0.717, 1.165) is 68.3 Å². The third-order valence-corrected chi connectivity index (χ3v) is 11.0. The minimum absolute atomic E-state index is 0.00902. The van der Waals surface area contributed by atoms with E-state index in [-0.39, 0.29) is 29.5 Å². The molecule has 1 aromatic rings. The van der Waals surface area contributed by atoms with Crippen LogP contribution in [0.15, 0.2) is 36.6 Å². The molecule has 7 atom stereocenters. The van der Waals surface area contributed by atoms with Gasteiger partial charge in [-0.05, 0) is 50.2 Å². The Morgan fingerprint density at radius 2 is 1.76 bits per heavy atom. The average Bonchev–Trinajstić information content (AvgIpc) is 3.40. The van der Waals surface area contributed by atoms with E-state index in [0.29, 0.717) is 12.2 Å². The van der Waals surface area contributed by atoms with Crippen molar-refractivity contribution in [2.45, 2.75) is 121 Å². The van der Waals surface area contributed by atoms with E-state index in [1.165, 1.54) is 50.5 Å². The second kappa shape index (κ2) is 11.1. The molecule has 4 bridgehead atoms. The Bertz CT molecular complexity index is 1060. The van der Waals surface area contributed by atoms with Gasteiger partial charge in [0.1, 0.15) is 12.1 Å². The molecule has 5 nitrogen and oxygen atoms in total. The van der Waals surface area contributed by atoms with Crippen LogP contribution in [0, 0.1) is 11.3 Å². The maximum Gasteiger partial charge on any atom is 0.200 e. The van der Waals surface area contributed by atoms with E-state index in [4.69, 9.17) is 4.74 Å². The summed E-state index contributed by atoms with van der Waals surface area (Å²) in [4.78, 5) is 14.9. The molecule has 2 saturated heterocycles. The van der Waals surface area contributed by atoms with Crippen molar-refractivity contribution in [3.63, 3.8) is 0 Å². The standard InChI is InChI=1S/C33H49N2O3/c1-38-32-26-23-33-19-14-10-6-2-3-7-11-15-20-34-21-18-25(26)29(34)31(37)28(33)30-27(36)17-13-9-5-4-8-12-16-22-35(30,32)24-33/h4,8-9,13,18,21,26-28,30,32,36H,2-3,5-7,10-12,14-17,19-20,22-24H2,1H3/q+1/b8-4-,13-9?. The van der Waals surface area contributed by atoms with Gasteiger partial charge in [0.25, 0.3) is 0 Å². The fourth-order valence-corrected chi connectivity index (χ4v) is 9.62. The first-order valence-electron chi connectivity index (χ1n) is 15.7. The number of aryl methyl sites for hydroxylation is 1. The first-order chi connectivity index (χ1) is 18.6. The molecule has 0 radical (unpaired) electrons. The van der Waals surface area contributed by atoms with Gasteiger partial charge in [-0.3, -0.25) is 9.28 Å². The number of piperidine rings is 1. The molecule has 0 saturated carbocycles. The SMILES string of the molecule is COC1C2CC34CCCCCCCCCCn5ccc2c5C(=O)C3C2C(O)CC=CC/C=C\CCC[N+]12C4. The second-order valence-corrected chi connectivity index (χ2v) is 13.1. The Kier molecular flexibility index (Phi) is 7.72. The van der Waals surface area contributed by atoms with Crippen LogP contribution in [0.5, 0.6) is 0 Å². The fourth-order valence-electron chi connectivity index (χ4n) is 9.62. The molecule has 2 fully saturated rings. The first kappa shape index (κ1) is 26.5. The summed E-state index contributed by atoms with van der Waals surface area (Å²) < 4.78 is 9.58. The summed E-state index contributed by atoms with van der Waals surface area (Å²) in [5, 5.41) is 12.0. The third kappa shape index (κ3) is 4.37. The molecular weight excluding hydrogens is 472 g/mol. The molecule has 38 heavy (non-hydrogen) atoms. The summed E-state index contributed by atoms with van der Waals surface area (Å²) in [5.74, 6) is 0.409. The number of rotatable bonds is 1. The van der Waals surface area contributed by atoms with Crippen LogP contribution in [0.2, 0.25) is 0 Å². The first-order valence-corrected chi connectivity index (χ1v) is 15.7. The minimum Gasteiger partial charge on any atom is -0.387 e. The fraction of sp³-hybridized carbons (Fsp3) is 0.727. The van der Waals surface area contributed by atoms with Crippen LogP contribution in [-0.4, -0.2) is 58.5 Å². The van der Waals surface area contributed by atoms with E-state index < -0.39 is 6.10 Å². The van der Waals surface area contributed by atoms with E-state index in [9.17, 15) is 9.90 Å². The van der Waals surface area contributed by atoms with Gasteiger partial charge in [0.05, 0.1) is 30.6 Å². The van der Waals surface area contributed by atoms with Crippen molar-refractivity contribution in [3.05, 3.63) is 47.8 Å². The van der Waals surface area contributed by atoms with Crippen LogP contribution >= 0.6 is 0 Å². The van der Waals surface area contributed by atoms with Crippen molar-refractivity contribution in [1.29, 1.82) is 0 Å². The maximum absolute atomic E-state index is 14.9. The Hall–Kier alpha value is -1.69. The van der Waals surface area contributed by atoms with Gasteiger partial charge in [0.2, 0.25) is 0 Å². The monoisotopic (exact) mass is 521 g/mol. The van der Waals surface area contributed by atoms with Gasteiger partial charge in [-0.2, -0.15) is 0 Å². The van der Waals surface area contributed by atoms with E-state index in [1.807, 2.05) is 7.11 Å². The highest BCUT2D eigenvalue weighted by atomic mass is 16.5. The largest absolute Gasteiger partial charge is 0.387 e. The lowest BCUT2D eigenvalue weighted by Gasteiger charge is -2.53. The van der Waals surface area contributed by atoms with Crippen LogP contribution < -0.4 is 0 Å². The summed E-state index contributed by atoms with van der Waals surface area (Å²) in [6.45, 7) is 2.89. The van der Waals surface area contributed by atoms with Crippen molar-refractivity contribution in [2.75, 3.05) is 20.2 Å². The number of aromatic nitrogens is 1. The van der Waals surface area contributed by atoms with Gasteiger partial charge in [-0.1, -0.05) is 69.2 Å². The van der Waals surface area contributed by atoms with Crippen molar-refractivity contribution in [1.82, 2.24) is 4.57 Å². The second-order valence-electron chi connectivity index (χ2n) is 13.1. The summed E-state index contributed by atoms with van der Waals surface area (Å²) >= 11 is 0. The number of hydrogen-bond donors (Lipinski definition) is 1. The molecule has 1 N–H and O–H groups in total. The number of fused-ring (bicyclic) bond motifs is 2. The highest BCUT2D eigenvalue weighted by Crippen LogP contribution is 2.64. The zero-order chi connectivity index (χ0) is 26.2. The number of nitrogens with zero attached hydrogens (tertiary/aromatic N) is 2. The zero-order valence-electron chi connectivity index (χ0n) is 23.5.